The number of pyridine rings is 1. The van der Waals surface area contributed by atoms with Crippen LogP contribution in [0.25, 0.3) is 0 Å². The second kappa shape index (κ2) is 10.1. The maximum Gasteiger partial charge on any atom is 0.239 e. The van der Waals surface area contributed by atoms with Crippen molar-refractivity contribution in [1.82, 2.24) is 15.2 Å². The number of hydrogen-bond acceptors (Lipinski definition) is 5. The van der Waals surface area contributed by atoms with Gasteiger partial charge in [0.05, 0.1) is 19.1 Å². The smallest absolute Gasteiger partial charge is 0.239 e. The van der Waals surface area contributed by atoms with Gasteiger partial charge in [-0.1, -0.05) is 42.0 Å². The van der Waals surface area contributed by atoms with Crippen molar-refractivity contribution >= 4 is 29.0 Å². The molecule has 156 valence electrons. The van der Waals surface area contributed by atoms with Crippen molar-refractivity contribution in [3.05, 3.63) is 81.7 Å². The summed E-state index contributed by atoms with van der Waals surface area (Å²) in [6, 6.07) is 17.4. The molecule has 1 unspecified atom stereocenters. The minimum absolute atomic E-state index is 0.0945. The van der Waals surface area contributed by atoms with Crippen LogP contribution in [0.4, 0.5) is 5.82 Å². The van der Waals surface area contributed by atoms with Gasteiger partial charge in [-0.25, -0.2) is 4.98 Å². The molecule has 0 spiro atoms. The zero-order valence-corrected chi connectivity index (χ0v) is 18.2. The molecule has 0 saturated heterocycles. The molecule has 3 rings (SSSR count). The first-order valence-corrected chi connectivity index (χ1v) is 10.6. The van der Waals surface area contributed by atoms with Crippen LogP contribution < -0.4 is 10.6 Å². The van der Waals surface area contributed by atoms with Gasteiger partial charge in [-0.2, -0.15) is 0 Å². The summed E-state index contributed by atoms with van der Waals surface area (Å²) in [4.78, 5) is 32.0. The maximum absolute atomic E-state index is 12.7. The predicted molar refractivity (Wildman–Crippen MR) is 121 cm³/mol. The van der Waals surface area contributed by atoms with Crippen molar-refractivity contribution in [1.29, 1.82) is 0 Å². The molecule has 30 heavy (non-hydrogen) atoms. The van der Waals surface area contributed by atoms with Crippen LogP contribution in [0.15, 0.2) is 60.0 Å². The van der Waals surface area contributed by atoms with Crippen molar-refractivity contribution < 1.29 is 9.59 Å². The molecule has 0 saturated carbocycles. The van der Waals surface area contributed by atoms with E-state index in [4.69, 9.17) is 0 Å². The number of aryl methyl sites for hydroxylation is 2. The molecule has 0 aliphatic heterocycles. The van der Waals surface area contributed by atoms with Crippen LogP contribution in [-0.4, -0.2) is 41.8 Å². The number of amides is 2. The lowest BCUT2D eigenvalue weighted by Gasteiger charge is -2.21. The van der Waals surface area contributed by atoms with Gasteiger partial charge in [0.15, 0.2) is 0 Å². The lowest BCUT2D eigenvalue weighted by Crippen LogP contribution is -2.40. The van der Waals surface area contributed by atoms with E-state index >= 15 is 0 Å². The van der Waals surface area contributed by atoms with Crippen LogP contribution in [0.1, 0.15) is 27.7 Å². The summed E-state index contributed by atoms with van der Waals surface area (Å²) in [5.41, 5.74) is 3.03. The number of carbonyl (C=O) groups is 2. The number of hydrogen-bond donors (Lipinski definition) is 2. The topological polar surface area (TPSA) is 74.3 Å². The van der Waals surface area contributed by atoms with E-state index in [1.807, 2.05) is 67.8 Å². The molecule has 0 fully saturated rings. The van der Waals surface area contributed by atoms with Crippen molar-refractivity contribution in [3.8, 4) is 0 Å². The van der Waals surface area contributed by atoms with Crippen LogP contribution in [0.2, 0.25) is 0 Å². The van der Waals surface area contributed by atoms with Gasteiger partial charge in [-0.3, -0.25) is 14.5 Å². The lowest BCUT2D eigenvalue weighted by atomic mass is 10.0. The number of benzene rings is 1. The first-order valence-electron chi connectivity index (χ1n) is 9.72. The molecule has 0 aliphatic rings. The van der Waals surface area contributed by atoms with Gasteiger partial charge in [0.2, 0.25) is 11.8 Å². The van der Waals surface area contributed by atoms with Crippen molar-refractivity contribution in [2.75, 3.05) is 25.5 Å². The Labute approximate surface area is 181 Å². The molecule has 1 atom stereocenters. The third kappa shape index (κ3) is 6.23. The number of aromatic nitrogens is 1. The zero-order chi connectivity index (χ0) is 21.5. The fourth-order valence-electron chi connectivity index (χ4n) is 3.08. The standard InChI is InChI=1S/C23H26N4O2S/c1-16-9-11-18(12-10-16)23(19-7-5-13-30-19)26-22(29)15-27(3)14-21(28)25-20-8-4-6-17(2)24-20/h4-13,23H,14-15H2,1-3H3,(H,26,29)(H,24,25,28). The second-order valence-corrected chi connectivity index (χ2v) is 8.29. The van der Waals surface area contributed by atoms with Crippen molar-refractivity contribution in [3.63, 3.8) is 0 Å². The minimum atomic E-state index is -0.211. The highest BCUT2D eigenvalue weighted by atomic mass is 32.1. The van der Waals surface area contributed by atoms with E-state index in [-0.39, 0.29) is 30.9 Å². The van der Waals surface area contributed by atoms with E-state index in [1.165, 1.54) is 5.56 Å². The first kappa shape index (κ1) is 21.7. The summed E-state index contributed by atoms with van der Waals surface area (Å²) in [5.74, 6) is 0.157. The number of thiophene rings is 1. The Morgan fingerprint density at radius 1 is 1.00 bits per heavy atom. The fourth-order valence-corrected chi connectivity index (χ4v) is 3.88. The number of carbonyl (C=O) groups excluding carboxylic acids is 2. The highest BCUT2D eigenvalue weighted by Crippen LogP contribution is 2.26. The van der Waals surface area contributed by atoms with E-state index in [9.17, 15) is 9.59 Å². The van der Waals surface area contributed by atoms with E-state index < -0.39 is 0 Å². The van der Waals surface area contributed by atoms with Gasteiger partial charge < -0.3 is 10.6 Å². The SMILES string of the molecule is Cc1ccc(C(NC(=O)CN(C)CC(=O)Nc2cccc(C)n2)c2cccs2)cc1. The normalized spacial score (nSPS) is 11.9. The molecular weight excluding hydrogens is 396 g/mol. The minimum Gasteiger partial charge on any atom is -0.343 e. The summed E-state index contributed by atoms with van der Waals surface area (Å²) < 4.78 is 0. The molecule has 6 nitrogen and oxygen atoms in total. The third-order valence-electron chi connectivity index (χ3n) is 4.53. The molecular formula is C23H26N4O2S. The Hall–Kier alpha value is -3.03. The predicted octanol–water partition coefficient (Wildman–Crippen LogP) is 3.54. The molecule has 1 aromatic carbocycles. The fraction of sp³-hybridized carbons (Fsp3) is 0.261. The van der Waals surface area contributed by atoms with E-state index in [2.05, 4.69) is 15.6 Å². The molecule has 7 heteroatoms. The maximum atomic E-state index is 12.7. The molecule has 2 amide bonds. The Bertz CT molecular complexity index is 987. The van der Waals surface area contributed by atoms with E-state index in [1.54, 1.807) is 29.4 Å². The Kier molecular flexibility index (Phi) is 7.32. The van der Waals surface area contributed by atoms with Crippen LogP contribution in [0.5, 0.6) is 0 Å². The van der Waals surface area contributed by atoms with Gasteiger partial charge >= 0.3 is 0 Å². The lowest BCUT2D eigenvalue weighted by molar-refractivity contribution is -0.123. The first-order chi connectivity index (χ1) is 14.4. The van der Waals surface area contributed by atoms with Crippen LogP contribution >= 0.6 is 11.3 Å². The van der Waals surface area contributed by atoms with Gasteiger partial charge in [0.25, 0.3) is 0 Å². The Morgan fingerprint density at radius 2 is 1.73 bits per heavy atom. The van der Waals surface area contributed by atoms with E-state index in [0.29, 0.717) is 5.82 Å². The number of nitrogens with zero attached hydrogens (tertiary/aromatic N) is 2. The largest absolute Gasteiger partial charge is 0.343 e. The van der Waals surface area contributed by atoms with Crippen LogP contribution in [0, 0.1) is 13.8 Å². The van der Waals surface area contributed by atoms with Crippen LogP contribution in [-0.2, 0) is 9.59 Å². The highest BCUT2D eigenvalue weighted by molar-refractivity contribution is 7.10. The average molecular weight is 423 g/mol. The molecule has 3 aromatic rings. The van der Waals surface area contributed by atoms with Gasteiger partial charge in [0.1, 0.15) is 5.82 Å². The number of rotatable bonds is 8. The van der Waals surface area contributed by atoms with Gasteiger partial charge in [0, 0.05) is 10.6 Å². The molecule has 2 N–H and O–H groups in total. The van der Waals surface area contributed by atoms with Crippen molar-refractivity contribution in [2.24, 2.45) is 0 Å². The molecule has 2 aromatic heterocycles. The summed E-state index contributed by atoms with van der Waals surface area (Å²) in [6.07, 6.45) is 0. The van der Waals surface area contributed by atoms with Gasteiger partial charge in [-0.15, -0.1) is 11.3 Å². The Balaban J connectivity index is 1.58. The summed E-state index contributed by atoms with van der Waals surface area (Å²) in [5, 5.41) is 7.86. The average Bonchev–Trinajstić information content (AvgIpc) is 3.21. The molecule has 0 aliphatic carbocycles. The summed E-state index contributed by atoms with van der Waals surface area (Å²) >= 11 is 1.60. The Morgan fingerprint density at radius 3 is 2.40 bits per heavy atom. The summed E-state index contributed by atoms with van der Waals surface area (Å²) in [7, 11) is 1.74. The molecule has 2 heterocycles. The van der Waals surface area contributed by atoms with Gasteiger partial charge in [-0.05, 0) is 50.0 Å². The quantitative estimate of drug-likeness (QED) is 0.582. The van der Waals surface area contributed by atoms with E-state index in [0.717, 1.165) is 16.1 Å². The summed E-state index contributed by atoms with van der Waals surface area (Å²) in [6.45, 7) is 4.11. The third-order valence-corrected chi connectivity index (χ3v) is 5.46. The molecule has 0 bridgehead atoms. The van der Waals surface area contributed by atoms with Crippen LogP contribution in [0.3, 0.4) is 0 Å². The highest BCUT2D eigenvalue weighted by Gasteiger charge is 2.19. The zero-order valence-electron chi connectivity index (χ0n) is 17.4. The monoisotopic (exact) mass is 422 g/mol. The number of likely N-dealkylation sites (N-methyl/N-ethyl adjacent to an activating group) is 1. The van der Waals surface area contributed by atoms with Crippen molar-refractivity contribution in [2.45, 2.75) is 19.9 Å². The second-order valence-electron chi connectivity index (χ2n) is 7.31. The molecule has 0 radical (unpaired) electrons. The number of anilines is 1. The number of nitrogens with one attached hydrogen (secondary N) is 2.